The Kier molecular flexibility index (Phi) is 5.59. The lowest BCUT2D eigenvalue weighted by Crippen LogP contribution is -2.49. The van der Waals surface area contributed by atoms with Crippen molar-refractivity contribution in [2.75, 3.05) is 31.1 Å². The Hall–Kier alpha value is -1.50. The Labute approximate surface area is 140 Å². The molecule has 1 N–H and O–H groups in total. The van der Waals surface area contributed by atoms with Gasteiger partial charge >= 0.3 is 6.03 Å². The van der Waals surface area contributed by atoms with Crippen LogP contribution in [0.3, 0.4) is 0 Å². The number of rotatable bonds is 4. The van der Waals surface area contributed by atoms with Gasteiger partial charge in [-0.15, -0.1) is 0 Å². The molecule has 0 aromatic carbocycles. The highest BCUT2D eigenvalue weighted by Gasteiger charge is 2.26. The lowest BCUT2D eigenvalue weighted by molar-refractivity contribution is 0.0940. The fourth-order valence-electron chi connectivity index (χ4n) is 2.92. The summed E-state index contributed by atoms with van der Waals surface area (Å²) >= 11 is 1.95. The first kappa shape index (κ1) is 16.4. The molecule has 0 unspecified atom stereocenters. The molecule has 3 heterocycles. The van der Waals surface area contributed by atoms with Crippen LogP contribution in [-0.2, 0) is 0 Å². The smallest absolute Gasteiger partial charge is 0.317 e. The number of halogens is 1. The molecule has 0 saturated carbocycles. The van der Waals surface area contributed by atoms with Crippen LogP contribution in [0.15, 0.2) is 18.3 Å². The van der Waals surface area contributed by atoms with E-state index in [4.69, 9.17) is 4.74 Å². The van der Waals surface area contributed by atoms with Crippen molar-refractivity contribution in [3.63, 3.8) is 0 Å². The van der Waals surface area contributed by atoms with Gasteiger partial charge in [-0.1, -0.05) is 0 Å². The summed E-state index contributed by atoms with van der Waals surface area (Å²) in [7, 11) is 0. The van der Waals surface area contributed by atoms with Crippen LogP contribution in [0.4, 0.5) is 9.18 Å². The number of amides is 2. The maximum Gasteiger partial charge on any atom is 0.317 e. The summed E-state index contributed by atoms with van der Waals surface area (Å²) in [5.74, 6) is 2.46. The zero-order valence-corrected chi connectivity index (χ0v) is 13.9. The average molecular weight is 339 g/mol. The Morgan fingerprint density at radius 2 is 2.43 bits per heavy atom. The van der Waals surface area contributed by atoms with Gasteiger partial charge < -0.3 is 15.0 Å². The predicted octanol–water partition coefficient (Wildman–Crippen LogP) is 2.53. The maximum absolute atomic E-state index is 13.6. The van der Waals surface area contributed by atoms with E-state index in [1.54, 1.807) is 4.90 Å². The van der Waals surface area contributed by atoms with E-state index in [-0.39, 0.29) is 18.0 Å². The van der Waals surface area contributed by atoms with Crippen molar-refractivity contribution in [3.8, 4) is 5.88 Å². The van der Waals surface area contributed by atoms with Gasteiger partial charge in [-0.3, -0.25) is 0 Å². The molecule has 2 amide bonds. The molecule has 5 nitrogen and oxygen atoms in total. The summed E-state index contributed by atoms with van der Waals surface area (Å²) in [5, 5.41) is 3.02. The zero-order valence-electron chi connectivity index (χ0n) is 13.0. The Balaban J connectivity index is 1.49. The number of thioether (sulfide) groups is 1. The van der Waals surface area contributed by atoms with E-state index in [0.717, 1.165) is 31.7 Å². The molecule has 1 aromatic rings. The van der Waals surface area contributed by atoms with Gasteiger partial charge in [0.2, 0.25) is 0 Å². The highest BCUT2D eigenvalue weighted by atomic mass is 32.2. The van der Waals surface area contributed by atoms with E-state index in [1.807, 2.05) is 11.8 Å². The molecule has 3 rings (SSSR count). The summed E-state index contributed by atoms with van der Waals surface area (Å²) in [6, 6.07) is 2.82. The third-order valence-electron chi connectivity index (χ3n) is 4.23. The normalized spacial score (nSPS) is 24.5. The number of piperidine rings is 1. The lowest BCUT2D eigenvalue weighted by Gasteiger charge is -2.32. The number of likely N-dealkylation sites (tertiary alicyclic amines) is 1. The van der Waals surface area contributed by atoms with Crippen molar-refractivity contribution in [1.82, 2.24) is 15.2 Å². The third-order valence-corrected chi connectivity index (χ3v) is 5.47. The molecular formula is C16H22FN3O2S. The van der Waals surface area contributed by atoms with Gasteiger partial charge in [0, 0.05) is 19.3 Å². The van der Waals surface area contributed by atoms with Gasteiger partial charge in [0.15, 0.2) is 5.82 Å². The number of nitrogens with one attached hydrogen (secondary N) is 1. The first-order valence-electron chi connectivity index (χ1n) is 8.10. The standard InChI is InChI=1S/C16H22FN3O2S/c17-14-4-1-6-18-15(14)22-13-3-2-7-20(10-13)16(21)19-9-12-5-8-23-11-12/h1,4,6,12-13H,2-3,5,7-11H2,(H,19,21)/t12-,13+/m0/s1. The van der Waals surface area contributed by atoms with E-state index in [1.165, 1.54) is 30.5 Å². The number of nitrogens with zero attached hydrogens (tertiary/aromatic N) is 2. The maximum atomic E-state index is 13.6. The molecule has 0 aliphatic carbocycles. The summed E-state index contributed by atoms with van der Waals surface area (Å²) in [4.78, 5) is 18.0. The van der Waals surface area contributed by atoms with Crippen LogP contribution in [0.2, 0.25) is 0 Å². The first-order chi connectivity index (χ1) is 11.2. The Morgan fingerprint density at radius 1 is 1.52 bits per heavy atom. The molecule has 2 aliphatic rings. The largest absolute Gasteiger partial charge is 0.470 e. The van der Waals surface area contributed by atoms with Crippen molar-refractivity contribution >= 4 is 17.8 Å². The SMILES string of the molecule is O=C(NC[C@@H]1CCSC1)N1CCC[C@@H](Oc2ncccc2F)C1. The molecule has 0 radical (unpaired) electrons. The monoisotopic (exact) mass is 339 g/mol. The van der Waals surface area contributed by atoms with Crippen LogP contribution in [0, 0.1) is 11.7 Å². The average Bonchev–Trinajstić information content (AvgIpc) is 3.08. The molecule has 126 valence electrons. The Morgan fingerprint density at radius 3 is 3.22 bits per heavy atom. The molecule has 0 bridgehead atoms. The van der Waals surface area contributed by atoms with E-state index >= 15 is 0 Å². The highest BCUT2D eigenvalue weighted by molar-refractivity contribution is 7.99. The lowest BCUT2D eigenvalue weighted by atomic mass is 10.1. The number of ether oxygens (including phenoxy) is 1. The summed E-state index contributed by atoms with van der Waals surface area (Å²) < 4.78 is 19.2. The van der Waals surface area contributed by atoms with Crippen LogP contribution < -0.4 is 10.1 Å². The van der Waals surface area contributed by atoms with Crippen molar-refractivity contribution in [1.29, 1.82) is 0 Å². The van der Waals surface area contributed by atoms with Crippen LogP contribution in [0.1, 0.15) is 19.3 Å². The molecular weight excluding hydrogens is 317 g/mol. The van der Waals surface area contributed by atoms with Crippen molar-refractivity contribution in [3.05, 3.63) is 24.1 Å². The topological polar surface area (TPSA) is 54.5 Å². The van der Waals surface area contributed by atoms with Gasteiger partial charge in [-0.2, -0.15) is 11.8 Å². The minimum atomic E-state index is -0.465. The van der Waals surface area contributed by atoms with Gasteiger partial charge in [-0.05, 0) is 48.8 Å². The number of hydrogen-bond acceptors (Lipinski definition) is 4. The minimum absolute atomic E-state index is 0.0164. The Bertz CT molecular complexity index is 540. The first-order valence-corrected chi connectivity index (χ1v) is 9.25. The number of carbonyl (C=O) groups is 1. The second-order valence-corrected chi connectivity index (χ2v) is 7.18. The zero-order chi connectivity index (χ0) is 16.1. The van der Waals surface area contributed by atoms with Crippen molar-refractivity contribution in [2.24, 2.45) is 5.92 Å². The summed E-state index contributed by atoms with van der Waals surface area (Å²) in [6.45, 7) is 1.93. The molecule has 23 heavy (non-hydrogen) atoms. The van der Waals surface area contributed by atoms with Gasteiger partial charge in [0.1, 0.15) is 6.10 Å². The van der Waals surface area contributed by atoms with Crippen LogP contribution in [0.25, 0.3) is 0 Å². The number of hydrogen-bond donors (Lipinski definition) is 1. The number of pyridine rings is 1. The molecule has 2 saturated heterocycles. The van der Waals surface area contributed by atoms with Crippen LogP contribution >= 0.6 is 11.8 Å². The summed E-state index contributed by atoms with van der Waals surface area (Å²) in [6.07, 6.45) is 4.13. The fourth-order valence-corrected chi connectivity index (χ4v) is 4.21. The third kappa shape index (κ3) is 4.50. The van der Waals surface area contributed by atoms with E-state index in [2.05, 4.69) is 10.3 Å². The summed E-state index contributed by atoms with van der Waals surface area (Å²) in [5.41, 5.74) is 0. The minimum Gasteiger partial charge on any atom is -0.470 e. The molecule has 2 atom stereocenters. The second-order valence-electron chi connectivity index (χ2n) is 6.03. The van der Waals surface area contributed by atoms with Crippen molar-refractivity contribution < 1.29 is 13.9 Å². The predicted molar refractivity (Wildman–Crippen MR) is 88.2 cm³/mol. The number of aromatic nitrogens is 1. The van der Waals surface area contributed by atoms with E-state index in [9.17, 15) is 9.18 Å². The quantitative estimate of drug-likeness (QED) is 0.916. The molecule has 1 aromatic heterocycles. The van der Waals surface area contributed by atoms with Gasteiger partial charge in [0.25, 0.3) is 5.88 Å². The number of carbonyl (C=O) groups excluding carboxylic acids is 1. The van der Waals surface area contributed by atoms with Gasteiger partial charge in [0.05, 0.1) is 6.54 Å². The van der Waals surface area contributed by atoms with Crippen molar-refractivity contribution in [2.45, 2.75) is 25.4 Å². The number of urea groups is 1. The van der Waals surface area contributed by atoms with Crippen LogP contribution in [-0.4, -0.2) is 53.2 Å². The fraction of sp³-hybridized carbons (Fsp3) is 0.625. The van der Waals surface area contributed by atoms with E-state index < -0.39 is 5.82 Å². The van der Waals surface area contributed by atoms with Gasteiger partial charge in [-0.25, -0.2) is 14.2 Å². The molecule has 7 heteroatoms. The second kappa shape index (κ2) is 7.86. The van der Waals surface area contributed by atoms with Crippen LogP contribution in [0.5, 0.6) is 5.88 Å². The molecule has 2 aliphatic heterocycles. The molecule has 0 spiro atoms. The highest BCUT2D eigenvalue weighted by Crippen LogP contribution is 2.23. The van der Waals surface area contributed by atoms with E-state index in [0.29, 0.717) is 12.5 Å². The molecule has 2 fully saturated rings.